The molecule has 0 aliphatic heterocycles. The van der Waals surface area contributed by atoms with Gasteiger partial charge in [-0.05, 0) is 12.1 Å². The van der Waals surface area contributed by atoms with E-state index in [1.165, 1.54) is 0 Å². The molecule has 0 amide bonds. The van der Waals surface area contributed by atoms with Gasteiger partial charge in [0, 0.05) is 16.3 Å². The maximum absolute atomic E-state index is 5.90. The van der Waals surface area contributed by atoms with Crippen molar-refractivity contribution in [3.8, 4) is 22.8 Å². The maximum atomic E-state index is 5.90. The molecule has 5 nitrogen and oxygen atoms in total. The van der Waals surface area contributed by atoms with Crippen molar-refractivity contribution in [1.82, 2.24) is 10.2 Å². The molecule has 1 aromatic heterocycles. The zero-order valence-corrected chi connectivity index (χ0v) is 11.8. The first kappa shape index (κ1) is 13.2. The van der Waals surface area contributed by atoms with Crippen LogP contribution in [0, 0.1) is 0 Å². The Morgan fingerprint density at radius 3 is 2.33 bits per heavy atom. The van der Waals surface area contributed by atoms with Gasteiger partial charge in [0.1, 0.15) is 5.69 Å². The summed E-state index contributed by atoms with van der Waals surface area (Å²) in [5, 5.41) is 10.1. The molecule has 1 heterocycles. The Bertz CT molecular complexity index is 803. The lowest BCUT2D eigenvalue weighted by Gasteiger charge is -2.13. The fraction of sp³-hybridized carbons (Fsp3) is 0.125. The first-order chi connectivity index (χ1) is 10.3. The van der Waals surface area contributed by atoms with Gasteiger partial charge in [0.25, 0.3) is 0 Å². The second kappa shape index (κ2) is 5.28. The summed E-state index contributed by atoms with van der Waals surface area (Å²) in [5.74, 6) is 1.69. The van der Waals surface area contributed by atoms with E-state index in [-0.39, 0.29) is 0 Å². The smallest absolute Gasteiger partial charge is 0.170 e. The van der Waals surface area contributed by atoms with Crippen molar-refractivity contribution in [3.05, 3.63) is 42.5 Å². The molecular weight excluding hydrogens is 266 g/mol. The number of ether oxygens (including phenoxy) is 2. The molecule has 3 aromatic rings. The van der Waals surface area contributed by atoms with E-state index in [9.17, 15) is 0 Å². The number of aromatic nitrogens is 2. The topological polar surface area (TPSA) is 70.3 Å². The lowest BCUT2D eigenvalue weighted by atomic mass is 10.0. The Hall–Kier alpha value is -2.82. The summed E-state index contributed by atoms with van der Waals surface area (Å²) >= 11 is 0. The van der Waals surface area contributed by atoms with Gasteiger partial charge in [0.05, 0.1) is 14.2 Å². The minimum Gasteiger partial charge on any atom is -0.493 e. The summed E-state index contributed by atoms with van der Waals surface area (Å²) in [6, 6.07) is 13.4. The van der Waals surface area contributed by atoms with Crippen molar-refractivity contribution in [2.24, 2.45) is 0 Å². The second-order valence-electron chi connectivity index (χ2n) is 4.52. The minimum atomic E-state index is 0.413. The van der Waals surface area contributed by atoms with Crippen LogP contribution in [0.3, 0.4) is 0 Å². The van der Waals surface area contributed by atoms with Gasteiger partial charge in [-0.3, -0.25) is 0 Å². The number of methoxy groups -OCH3 is 2. The van der Waals surface area contributed by atoms with Crippen LogP contribution < -0.4 is 15.2 Å². The average Bonchev–Trinajstić information content (AvgIpc) is 2.54. The Morgan fingerprint density at radius 1 is 0.857 bits per heavy atom. The number of nitrogens with zero attached hydrogens (tertiary/aromatic N) is 2. The Labute approximate surface area is 122 Å². The van der Waals surface area contributed by atoms with E-state index in [4.69, 9.17) is 15.2 Å². The van der Waals surface area contributed by atoms with Gasteiger partial charge in [-0.15, -0.1) is 10.2 Å². The highest BCUT2D eigenvalue weighted by Crippen LogP contribution is 2.39. The fourth-order valence-electron chi connectivity index (χ4n) is 2.40. The van der Waals surface area contributed by atoms with Crippen LogP contribution in [0.5, 0.6) is 11.5 Å². The maximum Gasteiger partial charge on any atom is 0.170 e. The Kier molecular flexibility index (Phi) is 3.31. The van der Waals surface area contributed by atoms with E-state index in [0.29, 0.717) is 17.3 Å². The van der Waals surface area contributed by atoms with Crippen molar-refractivity contribution in [2.75, 3.05) is 20.0 Å². The Morgan fingerprint density at radius 2 is 1.62 bits per heavy atom. The molecule has 5 heteroatoms. The standard InChI is InChI=1S/C16H15N3O2/c1-20-13-9-5-8-12(15(13)21-2)14-10-6-3-4-7-11(10)16(17)19-18-14/h3-9H,1-2H3,(H2,17,19). The zero-order valence-electron chi connectivity index (χ0n) is 11.8. The SMILES string of the molecule is COc1cccc(-c2nnc(N)c3ccccc23)c1OC. The van der Waals surface area contributed by atoms with Gasteiger partial charge in [0.15, 0.2) is 17.3 Å². The van der Waals surface area contributed by atoms with Crippen LogP contribution >= 0.6 is 0 Å². The number of hydrogen-bond donors (Lipinski definition) is 1. The molecule has 0 bridgehead atoms. The van der Waals surface area contributed by atoms with Gasteiger partial charge < -0.3 is 15.2 Å². The van der Waals surface area contributed by atoms with Gasteiger partial charge in [-0.25, -0.2) is 0 Å². The summed E-state index contributed by atoms with van der Waals surface area (Å²) in [6.45, 7) is 0. The van der Waals surface area contributed by atoms with Gasteiger partial charge in [-0.1, -0.05) is 30.3 Å². The average molecular weight is 281 g/mol. The van der Waals surface area contributed by atoms with Crippen molar-refractivity contribution in [3.63, 3.8) is 0 Å². The van der Waals surface area contributed by atoms with Crippen LogP contribution in [0.25, 0.3) is 22.0 Å². The highest BCUT2D eigenvalue weighted by atomic mass is 16.5. The summed E-state index contributed by atoms with van der Waals surface area (Å²) in [6.07, 6.45) is 0. The molecule has 106 valence electrons. The van der Waals surface area contributed by atoms with E-state index < -0.39 is 0 Å². The summed E-state index contributed by atoms with van der Waals surface area (Å²) < 4.78 is 10.8. The molecule has 0 saturated heterocycles. The van der Waals surface area contributed by atoms with Crippen LogP contribution in [0.1, 0.15) is 0 Å². The van der Waals surface area contributed by atoms with Crippen LogP contribution in [0.2, 0.25) is 0 Å². The first-order valence-electron chi connectivity index (χ1n) is 6.48. The van der Waals surface area contributed by atoms with E-state index >= 15 is 0 Å². The third-order valence-corrected chi connectivity index (χ3v) is 3.37. The number of nitrogens with two attached hydrogens (primary N) is 1. The molecule has 21 heavy (non-hydrogen) atoms. The number of nitrogen functional groups attached to an aromatic ring is 1. The second-order valence-corrected chi connectivity index (χ2v) is 4.52. The molecule has 0 saturated carbocycles. The number of benzene rings is 2. The molecule has 0 aliphatic carbocycles. The molecule has 0 unspecified atom stereocenters. The lowest BCUT2D eigenvalue weighted by Crippen LogP contribution is -1.99. The molecule has 0 aliphatic rings. The van der Waals surface area contributed by atoms with Crippen LogP contribution in [0.15, 0.2) is 42.5 Å². The monoisotopic (exact) mass is 281 g/mol. The highest BCUT2D eigenvalue weighted by Gasteiger charge is 2.16. The number of para-hydroxylation sites is 1. The normalized spacial score (nSPS) is 10.6. The van der Waals surface area contributed by atoms with E-state index in [0.717, 1.165) is 22.0 Å². The third-order valence-electron chi connectivity index (χ3n) is 3.37. The van der Waals surface area contributed by atoms with Crippen molar-refractivity contribution in [2.45, 2.75) is 0 Å². The quantitative estimate of drug-likeness (QED) is 0.799. The highest BCUT2D eigenvalue weighted by molar-refractivity contribution is 6.00. The largest absolute Gasteiger partial charge is 0.493 e. The van der Waals surface area contributed by atoms with Gasteiger partial charge in [0.2, 0.25) is 0 Å². The lowest BCUT2D eigenvalue weighted by molar-refractivity contribution is 0.356. The van der Waals surface area contributed by atoms with Gasteiger partial charge in [-0.2, -0.15) is 0 Å². The predicted octanol–water partition coefficient (Wildman–Crippen LogP) is 2.90. The number of rotatable bonds is 3. The minimum absolute atomic E-state index is 0.413. The zero-order chi connectivity index (χ0) is 14.8. The van der Waals surface area contributed by atoms with E-state index in [1.54, 1.807) is 14.2 Å². The van der Waals surface area contributed by atoms with Crippen LogP contribution in [0.4, 0.5) is 5.82 Å². The molecule has 0 radical (unpaired) electrons. The molecule has 0 atom stereocenters. The molecule has 0 spiro atoms. The van der Waals surface area contributed by atoms with E-state index in [1.807, 2.05) is 42.5 Å². The first-order valence-corrected chi connectivity index (χ1v) is 6.48. The summed E-state index contributed by atoms with van der Waals surface area (Å²) in [4.78, 5) is 0. The predicted molar refractivity (Wildman–Crippen MR) is 82.5 cm³/mol. The third kappa shape index (κ3) is 2.12. The van der Waals surface area contributed by atoms with Gasteiger partial charge >= 0.3 is 0 Å². The molecule has 2 N–H and O–H groups in total. The fourth-order valence-corrected chi connectivity index (χ4v) is 2.40. The van der Waals surface area contributed by atoms with Crippen molar-refractivity contribution in [1.29, 1.82) is 0 Å². The van der Waals surface area contributed by atoms with Crippen LogP contribution in [-0.4, -0.2) is 24.4 Å². The van der Waals surface area contributed by atoms with Crippen molar-refractivity contribution < 1.29 is 9.47 Å². The number of anilines is 1. The number of fused-ring (bicyclic) bond motifs is 1. The Balaban J connectivity index is 2.34. The molecule has 3 rings (SSSR count). The molecule has 0 fully saturated rings. The molecular formula is C16H15N3O2. The van der Waals surface area contributed by atoms with E-state index in [2.05, 4.69) is 10.2 Å². The summed E-state index contributed by atoms with van der Waals surface area (Å²) in [7, 11) is 3.21. The van der Waals surface area contributed by atoms with Crippen LogP contribution in [-0.2, 0) is 0 Å². The summed E-state index contributed by atoms with van der Waals surface area (Å²) in [5.41, 5.74) is 7.44. The number of hydrogen-bond acceptors (Lipinski definition) is 5. The van der Waals surface area contributed by atoms with Crippen molar-refractivity contribution >= 4 is 16.6 Å². The molecule has 2 aromatic carbocycles.